The van der Waals surface area contributed by atoms with Crippen LogP contribution in [0.3, 0.4) is 0 Å². The van der Waals surface area contributed by atoms with Gasteiger partial charge in [-0.1, -0.05) is 0 Å². The van der Waals surface area contributed by atoms with Crippen LogP contribution in [0.25, 0.3) is 0 Å². The molecule has 0 saturated carbocycles. The van der Waals surface area contributed by atoms with Crippen LogP contribution >= 0.6 is 11.3 Å². The van der Waals surface area contributed by atoms with E-state index in [0.29, 0.717) is 37.0 Å². The van der Waals surface area contributed by atoms with Gasteiger partial charge < -0.3 is 15.7 Å². The molecular formula is C12H18N4O3S. The molecule has 7 nitrogen and oxygen atoms in total. The molecule has 0 aromatic carbocycles. The van der Waals surface area contributed by atoms with E-state index in [4.69, 9.17) is 10.8 Å². The van der Waals surface area contributed by atoms with E-state index in [-0.39, 0.29) is 12.3 Å². The lowest BCUT2D eigenvalue weighted by atomic mass is 10.2. The molecule has 0 bridgehead atoms. The summed E-state index contributed by atoms with van der Waals surface area (Å²) < 4.78 is 0. The molecular weight excluding hydrogens is 280 g/mol. The Morgan fingerprint density at radius 2 is 2.10 bits per heavy atom. The summed E-state index contributed by atoms with van der Waals surface area (Å²) in [4.78, 5) is 30.7. The topological polar surface area (TPSA) is 99.8 Å². The number of carbonyl (C=O) groups excluding carboxylic acids is 1. The lowest BCUT2D eigenvalue weighted by molar-refractivity contribution is -0.144. The molecule has 1 saturated heterocycles. The number of carbonyl (C=O) groups is 2. The van der Waals surface area contributed by atoms with Gasteiger partial charge in [0.25, 0.3) is 0 Å². The molecule has 1 unspecified atom stereocenters. The normalized spacial score (nSPS) is 17.9. The summed E-state index contributed by atoms with van der Waals surface area (Å²) >= 11 is 1.32. The standard InChI is InChI=1S/C12H18N4O3S/c1-8(11(18)19)15-2-4-16(5-3-15)10(17)6-9-7-20-12(13)14-9/h7-8H,2-6H2,1H3,(H2,13,14)(H,18,19). The molecule has 3 N–H and O–H groups in total. The van der Waals surface area contributed by atoms with Crippen LogP contribution in [0.2, 0.25) is 0 Å². The summed E-state index contributed by atoms with van der Waals surface area (Å²) in [5.41, 5.74) is 6.23. The van der Waals surface area contributed by atoms with Crippen molar-refractivity contribution in [3.05, 3.63) is 11.1 Å². The number of carboxylic acid groups (broad SMARTS) is 1. The first-order valence-electron chi connectivity index (χ1n) is 6.42. The molecule has 1 aliphatic heterocycles. The minimum absolute atomic E-state index is 0.0120. The minimum Gasteiger partial charge on any atom is -0.480 e. The SMILES string of the molecule is CC(C(=O)O)N1CCN(C(=O)Cc2csc(N)n2)CC1. The number of amides is 1. The van der Waals surface area contributed by atoms with Crippen LogP contribution in [0.4, 0.5) is 5.13 Å². The van der Waals surface area contributed by atoms with Gasteiger partial charge in [-0.25, -0.2) is 4.98 Å². The fraction of sp³-hybridized carbons (Fsp3) is 0.583. The van der Waals surface area contributed by atoms with E-state index in [1.54, 1.807) is 17.2 Å². The lowest BCUT2D eigenvalue weighted by Crippen LogP contribution is -2.53. The van der Waals surface area contributed by atoms with Gasteiger partial charge in [0.15, 0.2) is 5.13 Å². The van der Waals surface area contributed by atoms with Gasteiger partial charge >= 0.3 is 5.97 Å². The van der Waals surface area contributed by atoms with Gasteiger partial charge in [0.05, 0.1) is 12.1 Å². The van der Waals surface area contributed by atoms with E-state index in [9.17, 15) is 9.59 Å². The first-order chi connectivity index (χ1) is 9.47. The third-order valence-electron chi connectivity index (χ3n) is 3.47. The molecule has 1 aromatic rings. The van der Waals surface area contributed by atoms with Crippen molar-refractivity contribution in [3.8, 4) is 0 Å². The van der Waals surface area contributed by atoms with Gasteiger partial charge in [-0.2, -0.15) is 0 Å². The molecule has 2 rings (SSSR count). The number of thiazole rings is 1. The number of nitrogens with zero attached hydrogens (tertiary/aromatic N) is 3. The van der Waals surface area contributed by atoms with Crippen LogP contribution in [-0.4, -0.2) is 64.0 Å². The Balaban J connectivity index is 1.84. The third kappa shape index (κ3) is 3.45. The van der Waals surface area contributed by atoms with Crippen LogP contribution in [0.5, 0.6) is 0 Å². The molecule has 1 fully saturated rings. The highest BCUT2D eigenvalue weighted by atomic mass is 32.1. The van der Waals surface area contributed by atoms with Gasteiger partial charge in [-0.3, -0.25) is 14.5 Å². The minimum atomic E-state index is -0.831. The van der Waals surface area contributed by atoms with Crippen molar-refractivity contribution in [1.82, 2.24) is 14.8 Å². The molecule has 1 aliphatic rings. The Bertz CT molecular complexity index is 497. The zero-order valence-corrected chi connectivity index (χ0v) is 12.1. The van der Waals surface area contributed by atoms with Crippen LogP contribution in [-0.2, 0) is 16.0 Å². The monoisotopic (exact) mass is 298 g/mol. The molecule has 1 atom stereocenters. The summed E-state index contributed by atoms with van der Waals surface area (Å²) in [6, 6.07) is -0.509. The zero-order valence-electron chi connectivity index (χ0n) is 11.3. The van der Waals surface area contributed by atoms with Crippen LogP contribution in [0.1, 0.15) is 12.6 Å². The first kappa shape index (κ1) is 14.7. The van der Waals surface area contributed by atoms with Gasteiger partial charge in [0, 0.05) is 31.6 Å². The molecule has 2 heterocycles. The average molecular weight is 298 g/mol. The molecule has 0 aliphatic carbocycles. The average Bonchev–Trinajstić information content (AvgIpc) is 2.83. The molecule has 20 heavy (non-hydrogen) atoms. The number of hydrogen-bond acceptors (Lipinski definition) is 6. The number of anilines is 1. The molecule has 1 amide bonds. The van der Waals surface area contributed by atoms with Gasteiger partial charge in [-0.15, -0.1) is 11.3 Å². The van der Waals surface area contributed by atoms with Crippen molar-refractivity contribution in [2.45, 2.75) is 19.4 Å². The molecule has 0 spiro atoms. The van der Waals surface area contributed by atoms with Crippen LogP contribution < -0.4 is 5.73 Å². The quantitative estimate of drug-likeness (QED) is 0.804. The second-order valence-corrected chi connectivity index (χ2v) is 5.67. The van der Waals surface area contributed by atoms with Gasteiger partial charge in [-0.05, 0) is 6.92 Å². The van der Waals surface area contributed by atoms with E-state index < -0.39 is 12.0 Å². The largest absolute Gasteiger partial charge is 0.480 e. The number of nitrogen functional groups attached to an aromatic ring is 1. The molecule has 8 heteroatoms. The second kappa shape index (κ2) is 6.19. The fourth-order valence-corrected chi connectivity index (χ4v) is 2.75. The van der Waals surface area contributed by atoms with E-state index in [0.717, 1.165) is 0 Å². The highest BCUT2D eigenvalue weighted by Crippen LogP contribution is 2.13. The maximum Gasteiger partial charge on any atom is 0.320 e. The summed E-state index contributed by atoms with van der Waals surface area (Å²) in [6.45, 7) is 3.93. The summed E-state index contributed by atoms with van der Waals surface area (Å²) in [6.07, 6.45) is 0.252. The number of aromatic nitrogens is 1. The predicted octanol–water partition coefficient (Wildman–Crippen LogP) is -0.115. The molecule has 0 radical (unpaired) electrons. The van der Waals surface area contributed by atoms with Crippen LogP contribution in [0.15, 0.2) is 5.38 Å². The number of aliphatic carboxylic acids is 1. The summed E-state index contributed by atoms with van der Waals surface area (Å²) in [5.74, 6) is -0.819. The Kier molecular flexibility index (Phi) is 4.56. The van der Waals surface area contributed by atoms with Gasteiger partial charge in [0.1, 0.15) is 6.04 Å². The zero-order chi connectivity index (χ0) is 14.7. The highest BCUT2D eigenvalue weighted by Gasteiger charge is 2.27. The van der Waals surface area contributed by atoms with Crippen molar-refractivity contribution in [1.29, 1.82) is 0 Å². The number of piperazine rings is 1. The van der Waals surface area contributed by atoms with Crippen molar-refractivity contribution in [3.63, 3.8) is 0 Å². The lowest BCUT2D eigenvalue weighted by Gasteiger charge is -2.36. The van der Waals surface area contributed by atoms with Crippen LogP contribution in [0, 0.1) is 0 Å². The number of carboxylic acids is 1. The van der Waals surface area contributed by atoms with Gasteiger partial charge in [0.2, 0.25) is 5.91 Å². The summed E-state index contributed by atoms with van der Waals surface area (Å²) in [5, 5.41) is 11.2. The third-order valence-corrected chi connectivity index (χ3v) is 4.20. The number of hydrogen-bond donors (Lipinski definition) is 2. The number of nitrogens with two attached hydrogens (primary N) is 1. The number of rotatable bonds is 4. The van der Waals surface area contributed by atoms with Crippen molar-refractivity contribution in [2.24, 2.45) is 0 Å². The van der Waals surface area contributed by atoms with E-state index >= 15 is 0 Å². The Labute approximate surface area is 121 Å². The first-order valence-corrected chi connectivity index (χ1v) is 7.30. The molecule has 110 valence electrons. The Morgan fingerprint density at radius 3 is 2.60 bits per heavy atom. The maximum absolute atomic E-state index is 12.1. The summed E-state index contributed by atoms with van der Waals surface area (Å²) in [7, 11) is 0. The highest BCUT2D eigenvalue weighted by molar-refractivity contribution is 7.13. The van der Waals surface area contributed by atoms with Crippen molar-refractivity contribution in [2.75, 3.05) is 31.9 Å². The Morgan fingerprint density at radius 1 is 1.45 bits per heavy atom. The smallest absolute Gasteiger partial charge is 0.320 e. The van der Waals surface area contributed by atoms with Crippen molar-refractivity contribution >= 4 is 28.3 Å². The van der Waals surface area contributed by atoms with Crippen molar-refractivity contribution < 1.29 is 14.7 Å². The predicted molar refractivity (Wildman–Crippen MR) is 75.5 cm³/mol. The molecule has 1 aromatic heterocycles. The Hall–Kier alpha value is -1.67. The fourth-order valence-electron chi connectivity index (χ4n) is 2.19. The van der Waals surface area contributed by atoms with E-state index in [1.807, 2.05) is 4.90 Å². The maximum atomic E-state index is 12.1. The second-order valence-electron chi connectivity index (χ2n) is 4.78. The van der Waals surface area contributed by atoms with E-state index in [1.165, 1.54) is 11.3 Å². The van der Waals surface area contributed by atoms with E-state index in [2.05, 4.69) is 4.98 Å².